The molecule has 1 aromatic carbocycles. The van der Waals surface area contributed by atoms with Crippen molar-refractivity contribution in [2.24, 2.45) is 5.92 Å². The zero-order valence-electron chi connectivity index (χ0n) is 13.9. The average Bonchev–Trinajstić information content (AvgIpc) is 2.84. The van der Waals surface area contributed by atoms with E-state index in [1.807, 2.05) is 6.07 Å². The van der Waals surface area contributed by atoms with Crippen LogP contribution in [0.2, 0.25) is 0 Å². The maximum Gasteiger partial charge on any atom is 0.224 e. The number of nitrogens with one attached hydrogen (secondary N) is 2. The Morgan fingerprint density at radius 1 is 1.35 bits per heavy atom. The van der Waals surface area contributed by atoms with Gasteiger partial charge in [-0.3, -0.25) is 4.79 Å². The zero-order chi connectivity index (χ0) is 15.7. The van der Waals surface area contributed by atoms with Crippen molar-refractivity contribution in [3.63, 3.8) is 0 Å². The van der Waals surface area contributed by atoms with Crippen LogP contribution < -0.4 is 10.6 Å². The van der Waals surface area contributed by atoms with Gasteiger partial charge in [-0.1, -0.05) is 6.92 Å². The van der Waals surface area contributed by atoms with E-state index in [-0.39, 0.29) is 24.4 Å². The lowest BCUT2D eigenvalue weighted by Gasteiger charge is -2.30. The van der Waals surface area contributed by atoms with Gasteiger partial charge in [0, 0.05) is 17.0 Å². The van der Waals surface area contributed by atoms with Crippen LogP contribution in [0.4, 0.5) is 0 Å². The number of hydrogen-bond donors (Lipinski definition) is 2. The number of hydrogen-bond acceptors (Lipinski definition) is 3. The maximum absolute atomic E-state index is 12.3. The molecular formula is C18H25ClN2O2. The van der Waals surface area contributed by atoms with Crippen molar-refractivity contribution in [1.29, 1.82) is 0 Å². The molecule has 1 aliphatic rings. The molecule has 2 aromatic rings. The van der Waals surface area contributed by atoms with Gasteiger partial charge in [0.15, 0.2) is 0 Å². The topological polar surface area (TPSA) is 54.3 Å². The van der Waals surface area contributed by atoms with Crippen LogP contribution in [0.15, 0.2) is 22.8 Å². The predicted molar refractivity (Wildman–Crippen MR) is 95.2 cm³/mol. The van der Waals surface area contributed by atoms with E-state index < -0.39 is 0 Å². The summed E-state index contributed by atoms with van der Waals surface area (Å²) in [6.45, 7) is 8.28. The fraction of sp³-hybridized carbons (Fsp3) is 0.500. The molecule has 2 heterocycles. The molecule has 0 aliphatic carbocycles. The molecule has 1 aliphatic heterocycles. The van der Waals surface area contributed by atoms with Crippen molar-refractivity contribution in [1.82, 2.24) is 10.6 Å². The number of amides is 1. The number of halogens is 1. The van der Waals surface area contributed by atoms with Gasteiger partial charge in [0.1, 0.15) is 5.58 Å². The Morgan fingerprint density at radius 3 is 2.83 bits per heavy atom. The first-order chi connectivity index (χ1) is 10.5. The molecule has 1 saturated heterocycles. The van der Waals surface area contributed by atoms with Crippen molar-refractivity contribution in [2.45, 2.75) is 39.7 Å². The molecule has 1 aromatic heterocycles. The molecule has 0 bridgehead atoms. The smallest absolute Gasteiger partial charge is 0.224 e. The van der Waals surface area contributed by atoms with Crippen LogP contribution in [-0.4, -0.2) is 25.0 Å². The second kappa shape index (κ2) is 7.37. The van der Waals surface area contributed by atoms with Crippen molar-refractivity contribution >= 4 is 29.3 Å². The Labute approximate surface area is 143 Å². The summed E-state index contributed by atoms with van der Waals surface area (Å²) in [6, 6.07) is 4.43. The lowest BCUT2D eigenvalue weighted by atomic mass is 9.95. The normalized spacial score (nSPS) is 21.0. The highest BCUT2D eigenvalue weighted by Gasteiger charge is 2.23. The molecule has 4 nitrogen and oxygen atoms in total. The average molecular weight is 337 g/mol. The molecule has 2 atom stereocenters. The third-order valence-electron chi connectivity index (χ3n) is 4.75. The van der Waals surface area contributed by atoms with Gasteiger partial charge in [-0.05, 0) is 62.5 Å². The molecular weight excluding hydrogens is 312 g/mol. The van der Waals surface area contributed by atoms with Gasteiger partial charge < -0.3 is 15.1 Å². The Kier molecular flexibility index (Phi) is 5.71. The standard InChI is InChI=1S/C18H24N2O2.ClH/c1-11-6-15-14(10-22-17(15)7-12(11)2)8-18(21)20-16-4-5-19-9-13(16)3;/h6-7,10,13,16,19H,4-5,8-9H2,1-3H3,(H,20,21);1H. The number of piperidine rings is 1. The van der Waals surface area contributed by atoms with Crippen LogP contribution in [0.1, 0.15) is 30.0 Å². The van der Waals surface area contributed by atoms with Gasteiger partial charge in [-0.15, -0.1) is 12.4 Å². The maximum atomic E-state index is 12.3. The molecule has 0 spiro atoms. The Bertz CT molecular complexity index is 696. The van der Waals surface area contributed by atoms with E-state index in [1.165, 1.54) is 11.1 Å². The molecule has 23 heavy (non-hydrogen) atoms. The van der Waals surface area contributed by atoms with Crippen LogP contribution in [0.3, 0.4) is 0 Å². The van der Waals surface area contributed by atoms with Crippen molar-refractivity contribution in [3.05, 3.63) is 35.1 Å². The minimum atomic E-state index is 0. The molecule has 1 amide bonds. The Morgan fingerprint density at radius 2 is 2.09 bits per heavy atom. The summed E-state index contributed by atoms with van der Waals surface area (Å²) in [5.41, 5.74) is 4.27. The Balaban J connectivity index is 0.00000192. The van der Waals surface area contributed by atoms with E-state index in [2.05, 4.69) is 37.5 Å². The second-order valence-electron chi connectivity index (χ2n) is 6.51. The lowest BCUT2D eigenvalue weighted by Crippen LogP contribution is -2.48. The van der Waals surface area contributed by atoms with Crippen molar-refractivity contribution in [3.8, 4) is 0 Å². The minimum absolute atomic E-state index is 0. The van der Waals surface area contributed by atoms with Crippen molar-refractivity contribution in [2.75, 3.05) is 13.1 Å². The van der Waals surface area contributed by atoms with E-state index in [1.54, 1.807) is 6.26 Å². The van der Waals surface area contributed by atoms with Gasteiger partial charge in [-0.25, -0.2) is 0 Å². The summed E-state index contributed by atoms with van der Waals surface area (Å²) in [5.74, 6) is 0.559. The highest BCUT2D eigenvalue weighted by Crippen LogP contribution is 2.25. The van der Waals surface area contributed by atoms with E-state index in [4.69, 9.17) is 4.42 Å². The quantitative estimate of drug-likeness (QED) is 0.905. The Hall–Kier alpha value is -1.52. The van der Waals surface area contributed by atoms with Gasteiger partial charge in [0.2, 0.25) is 5.91 Å². The second-order valence-corrected chi connectivity index (χ2v) is 6.51. The van der Waals surface area contributed by atoms with Crippen LogP contribution in [-0.2, 0) is 11.2 Å². The predicted octanol–water partition coefficient (Wildman–Crippen LogP) is 3.13. The molecule has 2 unspecified atom stereocenters. The zero-order valence-corrected chi connectivity index (χ0v) is 14.8. The van der Waals surface area contributed by atoms with Gasteiger partial charge >= 0.3 is 0 Å². The number of aryl methyl sites for hydroxylation is 2. The van der Waals surface area contributed by atoms with Crippen molar-refractivity contribution < 1.29 is 9.21 Å². The van der Waals surface area contributed by atoms with E-state index in [0.29, 0.717) is 12.3 Å². The molecule has 0 saturated carbocycles. The first-order valence-corrected chi connectivity index (χ1v) is 8.02. The summed E-state index contributed by atoms with van der Waals surface area (Å²) in [6.07, 6.45) is 3.10. The largest absolute Gasteiger partial charge is 0.464 e. The monoisotopic (exact) mass is 336 g/mol. The fourth-order valence-corrected chi connectivity index (χ4v) is 3.13. The van der Waals surface area contributed by atoms with Gasteiger partial charge in [0.25, 0.3) is 0 Å². The lowest BCUT2D eigenvalue weighted by molar-refractivity contribution is -0.121. The number of benzene rings is 1. The first-order valence-electron chi connectivity index (χ1n) is 8.02. The van der Waals surface area contributed by atoms with Crippen LogP contribution >= 0.6 is 12.4 Å². The molecule has 3 rings (SSSR count). The van der Waals surface area contributed by atoms with Gasteiger partial charge in [-0.2, -0.15) is 0 Å². The first kappa shape index (κ1) is 17.8. The van der Waals surface area contributed by atoms with Crippen LogP contribution in [0.25, 0.3) is 11.0 Å². The molecule has 1 fully saturated rings. The summed E-state index contributed by atoms with van der Waals surface area (Å²) >= 11 is 0. The third kappa shape index (κ3) is 3.88. The highest BCUT2D eigenvalue weighted by molar-refractivity contribution is 5.88. The number of carbonyl (C=O) groups excluding carboxylic acids is 1. The number of fused-ring (bicyclic) bond motifs is 1. The molecule has 126 valence electrons. The van der Waals surface area contributed by atoms with E-state index >= 15 is 0 Å². The van der Waals surface area contributed by atoms with E-state index in [9.17, 15) is 4.79 Å². The van der Waals surface area contributed by atoms with Crippen LogP contribution in [0.5, 0.6) is 0 Å². The molecule has 5 heteroatoms. The van der Waals surface area contributed by atoms with Crippen LogP contribution in [0, 0.1) is 19.8 Å². The number of rotatable bonds is 3. The van der Waals surface area contributed by atoms with Gasteiger partial charge in [0.05, 0.1) is 12.7 Å². The fourth-order valence-electron chi connectivity index (χ4n) is 3.13. The van der Waals surface area contributed by atoms with E-state index in [0.717, 1.165) is 36.0 Å². The molecule has 2 N–H and O–H groups in total. The SMILES string of the molecule is Cc1cc2occ(CC(=O)NC3CCNCC3C)c2cc1C.Cl. The number of furan rings is 1. The molecule has 0 radical (unpaired) electrons. The third-order valence-corrected chi connectivity index (χ3v) is 4.75. The summed E-state index contributed by atoms with van der Waals surface area (Å²) in [4.78, 5) is 12.3. The summed E-state index contributed by atoms with van der Waals surface area (Å²) < 4.78 is 5.61. The summed E-state index contributed by atoms with van der Waals surface area (Å²) in [7, 11) is 0. The summed E-state index contributed by atoms with van der Waals surface area (Å²) in [5, 5.41) is 7.58. The number of carbonyl (C=O) groups is 1. The minimum Gasteiger partial charge on any atom is -0.464 e. The highest BCUT2D eigenvalue weighted by atomic mass is 35.5.